The summed E-state index contributed by atoms with van der Waals surface area (Å²) in [5.41, 5.74) is 9.89. The molecule has 0 spiro atoms. The number of carbonyl (C=O) groups is 1. The second-order valence-corrected chi connectivity index (χ2v) is 9.82. The molecule has 1 aliphatic rings. The van der Waals surface area contributed by atoms with Crippen LogP contribution in [0.1, 0.15) is 13.8 Å². The van der Waals surface area contributed by atoms with Crippen LogP contribution in [0.4, 0.5) is 16.3 Å². The first-order valence-electron chi connectivity index (χ1n) is 13.2. The van der Waals surface area contributed by atoms with Crippen LogP contribution >= 0.6 is 0 Å². The minimum Gasteiger partial charge on any atom is -0.492 e. The molecule has 204 valence electrons. The van der Waals surface area contributed by atoms with Gasteiger partial charge < -0.3 is 25.8 Å². The van der Waals surface area contributed by atoms with Gasteiger partial charge in [0, 0.05) is 37.4 Å². The Bertz CT molecular complexity index is 1400. The van der Waals surface area contributed by atoms with Gasteiger partial charge in [0.1, 0.15) is 30.2 Å². The molecular weight excluding hydrogens is 496 g/mol. The van der Waals surface area contributed by atoms with Crippen LogP contribution in [-0.4, -0.2) is 76.7 Å². The van der Waals surface area contributed by atoms with E-state index in [9.17, 15) is 4.79 Å². The van der Waals surface area contributed by atoms with E-state index in [2.05, 4.69) is 25.5 Å². The summed E-state index contributed by atoms with van der Waals surface area (Å²) in [6.07, 6.45) is 1.43. The van der Waals surface area contributed by atoms with Crippen molar-refractivity contribution in [1.29, 1.82) is 0 Å². The second kappa shape index (κ2) is 12.1. The molecule has 0 unspecified atom stereocenters. The average molecular weight is 531 g/mol. The molecule has 4 N–H and O–H groups in total. The van der Waals surface area contributed by atoms with E-state index >= 15 is 0 Å². The van der Waals surface area contributed by atoms with Crippen LogP contribution in [-0.2, 0) is 4.74 Å². The van der Waals surface area contributed by atoms with Crippen LogP contribution in [0.25, 0.3) is 28.0 Å². The minimum absolute atomic E-state index is 0.239. The van der Waals surface area contributed by atoms with E-state index in [0.717, 1.165) is 49.8 Å². The first kappa shape index (κ1) is 26.4. The molecule has 5 rings (SSSR count). The lowest BCUT2D eigenvalue weighted by molar-refractivity contribution is 0.0322. The molecule has 39 heavy (non-hydrogen) atoms. The van der Waals surface area contributed by atoms with E-state index in [0.29, 0.717) is 47.3 Å². The molecule has 0 bridgehead atoms. The number of anilines is 2. The van der Waals surface area contributed by atoms with Gasteiger partial charge in [0.2, 0.25) is 0 Å². The lowest BCUT2D eigenvalue weighted by atomic mass is 10.1. The Morgan fingerprint density at radius 1 is 1.08 bits per heavy atom. The SMILES string of the molecule is CC(C)CNC(=O)Nc1ccc(-n2nc(-c3ccc(OCCN4CCOCC4)cc3)c3c(N)ncnc32)cc1. The minimum atomic E-state index is -0.239. The van der Waals surface area contributed by atoms with Gasteiger partial charge >= 0.3 is 6.03 Å². The molecule has 0 aliphatic carbocycles. The lowest BCUT2D eigenvalue weighted by Crippen LogP contribution is -2.38. The molecule has 4 aromatic rings. The van der Waals surface area contributed by atoms with Gasteiger partial charge in [0.15, 0.2) is 5.65 Å². The van der Waals surface area contributed by atoms with Crippen molar-refractivity contribution in [2.45, 2.75) is 13.8 Å². The summed E-state index contributed by atoms with van der Waals surface area (Å²) in [6.45, 7) is 9.61. The van der Waals surface area contributed by atoms with Crippen LogP contribution in [0.15, 0.2) is 54.9 Å². The number of ether oxygens (including phenoxy) is 2. The first-order valence-corrected chi connectivity index (χ1v) is 13.2. The van der Waals surface area contributed by atoms with Crippen molar-refractivity contribution >= 4 is 28.6 Å². The summed E-state index contributed by atoms with van der Waals surface area (Å²) in [7, 11) is 0. The molecule has 11 heteroatoms. The summed E-state index contributed by atoms with van der Waals surface area (Å²) in [4.78, 5) is 23.1. The topological polar surface area (TPSA) is 132 Å². The maximum Gasteiger partial charge on any atom is 0.319 e. The zero-order chi connectivity index (χ0) is 27.2. The van der Waals surface area contributed by atoms with Gasteiger partial charge in [-0.3, -0.25) is 4.90 Å². The average Bonchev–Trinajstić information content (AvgIpc) is 3.34. The fraction of sp³-hybridized carbons (Fsp3) is 0.357. The Balaban J connectivity index is 1.33. The van der Waals surface area contributed by atoms with Crippen LogP contribution < -0.4 is 21.1 Å². The highest BCUT2D eigenvalue weighted by atomic mass is 16.5. The van der Waals surface area contributed by atoms with Gasteiger partial charge in [-0.1, -0.05) is 13.8 Å². The molecule has 1 saturated heterocycles. The third-order valence-electron chi connectivity index (χ3n) is 6.44. The van der Waals surface area contributed by atoms with Crippen LogP contribution in [0.5, 0.6) is 5.75 Å². The summed E-state index contributed by atoms with van der Waals surface area (Å²) >= 11 is 0. The highest BCUT2D eigenvalue weighted by molar-refractivity contribution is 5.99. The van der Waals surface area contributed by atoms with E-state index in [1.54, 1.807) is 4.68 Å². The van der Waals surface area contributed by atoms with Crippen molar-refractivity contribution < 1.29 is 14.3 Å². The highest BCUT2D eigenvalue weighted by Gasteiger charge is 2.18. The fourth-order valence-electron chi connectivity index (χ4n) is 4.34. The Hall–Kier alpha value is -4.22. The molecule has 2 aromatic carbocycles. The van der Waals surface area contributed by atoms with Crippen molar-refractivity contribution in [2.75, 3.05) is 57.1 Å². The number of urea groups is 1. The fourth-order valence-corrected chi connectivity index (χ4v) is 4.34. The summed E-state index contributed by atoms with van der Waals surface area (Å²) < 4.78 is 13.1. The maximum atomic E-state index is 12.1. The number of rotatable bonds is 9. The van der Waals surface area contributed by atoms with E-state index < -0.39 is 0 Å². The standard InChI is InChI=1S/C28H34N8O3/c1-19(2)17-30-28(37)33-21-5-7-22(8-6-21)36-27-24(26(29)31-18-32-27)25(34-36)20-3-9-23(10-4-20)39-16-13-35-11-14-38-15-12-35/h3-10,18-19H,11-17H2,1-2H3,(H2,29,31,32)(H2,30,33,37). The Labute approximate surface area is 227 Å². The van der Waals surface area contributed by atoms with Gasteiger partial charge in [0.25, 0.3) is 0 Å². The van der Waals surface area contributed by atoms with Gasteiger partial charge in [0.05, 0.1) is 24.3 Å². The van der Waals surface area contributed by atoms with Gasteiger partial charge in [-0.05, 0) is 54.4 Å². The number of aromatic nitrogens is 4. The number of benzene rings is 2. The van der Waals surface area contributed by atoms with Crippen molar-refractivity contribution in [1.82, 2.24) is 30.0 Å². The van der Waals surface area contributed by atoms with E-state index in [1.165, 1.54) is 6.33 Å². The molecule has 0 radical (unpaired) electrons. The van der Waals surface area contributed by atoms with Crippen LogP contribution in [0.3, 0.4) is 0 Å². The second-order valence-electron chi connectivity index (χ2n) is 9.82. The van der Waals surface area contributed by atoms with Crippen molar-refractivity contribution in [3.8, 4) is 22.7 Å². The quantitative estimate of drug-likeness (QED) is 0.299. The number of nitrogens with one attached hydrogen (secondary N) is 2. The Morgan fingerprint density at radius 2 is 1.82 bits per heavy atom. The smallest absolute Gasteiger partial charge is 0.319 e. The van der Waals surface area contributed by atoms with Crippen molar-refractivity contribution in [2.24, 2.45) is 5.92 Å². The molecule has 3 heterocycles. The van der Waals surface area contributed by atoms with Crippen molar-refractivity contribution in [3.63, 3.8) is 0 Å². The van der Waals surface area contributed by atoms with Crippen LogP contribution in [0.2, 0.25) is 0 Å². The predicted molar refractivity (Wildman–Crippen MR) is 151 cm³/mol. The van der Waals surface area contributed by atoms with E-state index in [1.807, 2.05) is 62.4 Å². The molecule has 11 nitrogen and oxygen atoms in total. The number of nitrogens with two attached hydrogens (primary N) is 1. The van der Waals surface area contributed by atoms with Gasteiger partial charge in [-0.2, -0.15) is 5.10 Å². The van der Waals surface area contributed by atoms with Gasteiger partial charge in [-0.25, -0.2) is 19.4 Å². The monoisotopic (exact) mass is 530 g/mol. The number of amides is 2. The Kier molecular flexibility index (Phi) is 8.18. The molecule has 1 fully saturated rings. The summed E-state index contributed by atoms with van der Waals surface area (Å²) in [5, 5.41) is 11.2. The number of nitrogen functional groups attached to an aromatic ring is 1. The largest absolute Gasteiger partial charge is 0.492 e. The number of fused-ring (bicyclic) bond motifs is 1. The van der Waals surface area contributed by atoms with Gasteiger partial charge in [-0.15, -0.1) is 0 Å². The third kappa shape index (κ3) is 6.44. The molecule has 2 amide bonds. The highest BCUT2D eigenvalue weighted by Crippen LogP contribution is 2.32. The molecule has 2 aromatic heterocycles. The van der Waals surface area contributed by atoms with E-state index in [-0.39, 0.29) is 6.03 Å². The van der Waals surface area contributed by atoms with E-state index in [4.69, 9.17) is 20.3 Å². The zero-order valence-corrected chi connectivity index (χ0v) is 22.3. The zero-order valence-electron chi connectivity index (χ0n) is 22.3. The molecule has 1 aliphatic heterocycles. The molecular formula is C28H34N8O3. The summed E-state index contributed by atoms with van der Waals surface area (Å²) in [6, 6.07) is 15.0. The molecule has 0 saturated carbocycles. The predicted octanol–water partition coefficient (Wildman–Crippen LogP) is 3.55. The first-order chi connectivity index (χ1) is 19.0. The maximum absolute atomic E-state index is 12.1. The number of carbonyl (C=O) groups excluding carboxylic acids is 1. The number of hydrogen-bond donors (Lipinski definition) is 3. The van der Waals surface area contributed by atoms with Crippen LogP contribution in [0, 0.1) is 5.92 Å². The van der Waals surface area contributed by atoms with Crippen molar-refractivity contribution in [3.05, 3.63) is 54.9 Å². The Morgan fingerprint density at radius 3 is 2.54 bits per heavy atom. The molecule has 0 atom stereocenters. The number of nitrogens with zero attached hydrogens (tertiary/aromatic N) is 5. The normalized spacial score (nSPS) is 14.0. The number of hydrogen-bond acceptors (Lipinski definition) is 8. The summed E-state index contributed by atoms with van der Waals surface area (Å²) in [5.74, 6) is 1.52. The third-order valence-corrected chi connectivity index (χ3v) is 6.44. The lowest BCUT2D eigenvalue weighted by Gasteiger charge is -2.26. The number of morpholine rings is 1.